The molecular weight excluding hydrogens is 461 g/mol. The van der Waals surface area contributed by atoms with Gasteiger partial charge in [-0.1, -0.05) is 42.5 Å². The first-order chi connectivity index (χ1) is 12.6. The van der Waals surface area contributed by atoms with Gasteiger partial charge < -0.3 is 4.74 Å². The van der Waals surface area contributed by atoms with Crippen LogP contribution in [0.15, 0.2) is 58.4 Å². The fraction of sp³-hybridized carbons (Fsp3) is 0.200. The van der Waals surface area contributed by atoms with E-state index in [-0.39, 0.29) is 11.5 Å². The number of nitrogens with zero attached hydrogens (tertiary/aromatic N) is 1. The van der Waals surface area contributed by atoms with E-state index in [4.69, 9.17) is 4.74 Å². The van der Waals surface area contributed by atoms with Crippen molar-refractivity contribution in [2.24, 2.45) is 0 Å². The summed E-state index contributed by atoms with van der Waals surface area (Å²) in [5.74, 6) is 0.173. The van der Waals surface area contributed by atoms with Gasteiger partial charge in [0, 0.05) is 5.75 Å². The number of carbonyl (C=O) groups is 1. The molecule has 0 fully saturated rings. The highest BCUT2D eigenvalue weighted by Gasteiger charge is 2.32. The van der Waals surface area contributed by atoms with E-state index in [1.807, 2.05) is 24.3 Å². The first-order valence-corrected chi connectivity index (χ1v) is 10.3. The fourth-order valence-corrected chi connectivity index (χ4v) is 5.16. The lowest BCUT2D eigenvalue weighted by molar-refractivity contribution is -0.143. The summed E-state index contributed by atoms with van der Waals surface area (Å²) in [6.45, 7) is 0. The van der Waals surface area contributed by atoms with Crippen molar-refractivity contribution in [3.63, 3.8) is 0 Å². The maximum Gasteiger partial charge on any atom is 0.329 e. The van der Waals surface area contributed by atoms with Gasteiger partial charge in [-0.05, 0) is 57.0 Å². The zero-order valence-corrected chi connectivity index (χ0v) is 17.0. The Hall–Kier alpha value is -1.80. The van der Waals surface area contributed by atoms with Crippen LogP contribution in [-0.2, 0) is 16.0 Å². The number of methoxy groups -OCH3 is 1. The second-order valence-electron chi connectivity index (χ2n) is 6.16. The fourth-order valence-electron chi connectivity index (χ4n) is 3.36. The molecule has 1 atom stereocenters. The summed E-state index contributed by atoms with van der Waals surface area (Å²) in [6.07, 6.45) is 0.687. The van der Waals surface area contributed by atoms with Crippen molar-refractivity contribution >= 4 is 51.1 Å². The normalized spacial score (nSPS) is 15.8. The van der Waals surface area contributed by atoms with Crippen molar-refractivity contribution in [2.45, 2.75) is 17.5 Å². The number of hydrogen-bond donors (Lipinski definition) is 0. The third-order valence-corrected chi connectivity index (χ3v) is 6.91. The van der Waals surface area contributed by atoms with Crippen molar-refractivity contribution in [1.82, 2.24) is 4.57 Å². The van der Waals surface area contributed by atoms with E-state index in [0.29, 0.717) is 15.7 Å². The van der Waals surface area contributed by atoms with Crippen molar-refractivity contribution in [3.8, 4) is 0 Å². The van der Waals surface area contributed by atoms with Crippen LogP contribution in [0, 0.1) is 3.57 Å². The summed E-state index contributed by atoms with van der Waals surface area (Å²) in [5, 5.41) is 3.23. The van der Waals surface area contributed by atoms with Gasteiger partial charge in [-0.25, -0.2) is 4.79 Å². The standard InChI is InChI=1S/C20H16INO3S/c1-25-20(24)16-11-26-17-10-14(18(21)19(23)22(16)17)9-13-7-4-6-12-5-2-3-8-15(12)13/h2-8,10,16H,9,11H2,1H3/t16-/m0/s1. The van der Waals surface area contributed by atoms with Crippen LogP contribution >= 0.6 is 34.4 Å². The smallest absolute Gasteiger partial charge is 0.329 e. The van der Waals surface area contributed by atoms with Crippen LogP contribution in [0.4, 0.5) is 0 Å². The van der Waals surface area contributed by atoms with Crippen molar-refractivity contribution < 1.29 is 9.53 Å². The molecule has 0 saturated heterocycles. The largest absolute Gasteiger partial charge is 0.467 e. The monoisotopic (exact) mass is 477 g/mol. The van der Waals surface area contributed by atoms with Crippen LogP contribution in [0.2, 0.25) is 0 Å². The van der Waals surface area contributed by atoms with Gasteiger partial charge in [0.1, 0.15) is 6.04 Å². The minimum absolute atomic E-state index is 0.112. The molecule has 4 rings (SSSR count). The highest BCUT2D eigenvalue weighted by molar-refractivity contribution is 14.1. The van der Waals surface area contributed by atoms with E-state index in [1.54, 1.807) is 4.57 Å². The van der Waals surface area contributed by atoms with E-state index in [9.17, 15) is 9.59 Å². The Balaban J connectivity index is 1.79. The molecule has 2 aromatic carbocycles. The predicted octanol–water partition coefficient (Wildman–Crippen LogP) is 4.02. The molecule has 6 heteroatoms. The van der Waals surface area contributed by atoms with E-state index in [0.717, 1.165) is 10.6 Å². The third kappa shape index (κ3) is 2.95. The van der Waals surface area contributed by atoms with Crippen LogP contribution in [0.25, 0.3) is 10.8 Å². The number of carbonyl (C=O) groups excluding carboxylic acids is 1. The number of halogens is 1. The van der Waals surface area contributed by atoms with E-state index >= 15 is 0 Å². The number of ether oxygens (including phenoxy) is 1. The molecule has 0 aliphatic carbocycles. The molecule has 1 aliphatic heterocycles. The molecule has 4 nitrogen and oxygen atoms in total. The lowest BCUT2D eigenvalue weighted by atomic mass is 9.99. The predicted molar refractivity (Wildman–Crippen MR) is 112 cm³/mol. The second kappa shape index (κ2) is 7.08. The topological polar surface area (TPSA) is 48.3 Å². The first kappa shape index (κ1) is 17.6. The van der Waals surface area contributed by atoms with Crippen molar-refractivity contribution in [1.29, 1.82) is 0 Å². The molecule has 2 heterocycles. The van der Waals surface area contributed by atoms with E-state index < -0.39 is 6.04 Å². The van der Waals surface area contributed by atoms with E-state index in [2.05, 4.69) is 46.9 Å². The summed E-state index contributed by atoms with van der Waals surface area (Å²) in [6, 6.07) is 16.0. The number of pyridine rings is 1. The Kier molecular flexibility index (Phi) is 4.79. The van der Waals surface area contributed by atoms with Gasteiger partial charge in [-0.3, -0.25) is 9.36 Å². The average molecular weight is 477 g/mol. The molecule has 0 N–H and O–H groups in total. The number of rotatable bonds is 3. The molecule has 0 saturated carbocycles. The molecule has 1 aliphatic rings. The number of aromatic nitrogens is 1. The summed E-state index contributed by atoms with van der Waals surface area (Å²) in [4.78, 5) is 24.9. The molecule has 0 unspecified atom stereocenters. The van der Waals surface area contributed by atoms with E-state index in [1.165, 1.54) is 35.2 Å². The van der Waals surface area contributed by atoms with Gasteiger partial charge in [0.25, 0.3) is 5.56 Å². The number of benzene rings is 2. The lowest BCUT2D eigenvalue weighted by Crippen LogP contribution is -2.31. The quantitative estimate of drug-likeness (QED) is 0.423. The number of hydrogen-bond acceptors (Lipinski definition) is 4. The molecular formula is C20H16INO3S. The lowest BCUT2D eigenvalue weighted by Gasteiger charge is -2.14. The summed E-state index contributed by atoms with van der Waals surface area (Å²) < 4.78 is 7.08. The number of fused-ring (bicyclic) bond motifs is 2. The average Bonchev–Trinajstić information content (AvgIpc) is 3.09. The van der Waals surface area contributed by atoms with Gasteiger partial charge >= 0.3 is 5.97 Å². The SMILES string of the molecule is COC(=O)[C@@H]1CSc2cc(Cc3cccc4ccccc34)c(I)c(=O)n21. The molecule has 132 valence electrons. The highest BCUT2D eigenvalue weighted by atomic mass is 127. The Morgan fingerprint density at radius 3 is 2.81 bits per heavy atom. The minimum atomic E-state index is -0.535. The Morgan fingerprint density at radius 2 is 2.00 bits per heavy atom. The number of esters is 1. The molecule has 0 radical (unpaired) electrons. The Bertz CT molecular complexity index is 1070. The minimum Gasteiger partial charge on any atom is -0.467 e. The Labute approximate surface area is 168 Å². The van der Waals surface area contributed by atoms with Crippen molar-refractivity contribution in [2.75, 3.05) is 12.9 Å². The van der Waals surface area contributed by atoms with Crippen LogP contribution in [0.1, 0.15) is 17.2 Å². The maximum atomic E-state index is 12.9. The summed E-state index contributed by atoms with van der Waals surface area (Å²) in [7, 11) is 1.36. The van der Waals surface area contributed by atoms with Gasteiger partial charge in [0.15, 0.2) is 0 Å². The number of thioether (sulfide) groups is 1. The molecule has 0 spiro atoms. The van der Waals surface area contributed by atoms with Crippen LogP contribution < -0.4 is 5.56 Å². The molecule has 3 aromatic rings. The van der Waals surface area contributed by atoms with Gasteiger partial charge in [0.2, 0.25) is 0 Å². The zero-order valence-electron chi connectivity index (χ0n) is 14.1. The molecule has 1 aromatic heterocycles. The second-order valence-corrected chi connectivity index (χ2v) is 8.28. The third-order valence-electron chi connectivity index (χ3n) is 4.66. The molecule has 26 heavy (non-hydrogen) atoms. The van der Waals surface area contributed by atoms with Gasteiger partial charge in [-0.15, -0.1) is 11.8 Å². The van der Waals surface area contributed by atoms with Crippen LogP contribution in [-0.4, -0.2) is 23.4 Å². The zero-order chi connectivity index (χ0) is 18.3. The summed E-state index contributed by atoms with van der Waals surface area (Å²) >= 11 is 3.63. The van der Waals surface area contributed by atoms with Crippen molar-refractivity contribution in [3.05, 3.63) is 73.6 Å². The van der Waals surface area contributed by atoms with Gasteiger partial charge in [0.05, 0.1) is 15.7 Å². The Morgan fingerprint density at radius 1 is 1.23 bits per heavy atom. The van der Waals surface area contributed by atoms with Crippen LogP contribution in [0.3, 0.4) is 0 Å². The summed E-state index contributed by atoms with van der Waals surface area (Å²) in [5.41, 5.74) is 2.08. The maximum absolute atomic E-state index is 12.9. The van der Waals surface area contributed by atoms with Gasteiger partial charge in [-0.2, -0.15) is 0 Å². The molecule has 0 bridgehead atoms. The first-order valence-electron chi connectivity index (χ1n) is 8.21. The van der Waals surface area contributed by atoms with Crippen LogP contribution in [0.5, 0.6) is 0 Å². The highest BCUT2D eigenvalue weighted by Crippen LogP contribution is 2.34. The molecule has 0 amide bonds.